The Kier molecular flexibility index (Phi) is 6.24. The molecule has 0 aliphatic rings. The molecule has 0 aromatic heterocycles. The SMILES string of the molecule is COc1cc(CNc2ccc(O)cc2)c(Br)cc1OCc1ccccc1C. The number of rotatable bonds is 7. The van der Waals surface area contributed by atoms with Crippen LogP contribution in [0.3, 0.4) is 0 Å². The molecule has 0 unspecified atom stereocenters. The Hall–Kier alpha value is -2.66. The van der Waals surface area contributed by atoms with Gasteiger partial charge in [0.25, 0.3) is 0 Å². The van der Waals surface area contributed by atoms with E-state index in [4.69, 9.17) is 9.47 Å². The summed E-state index contributed by atoms with van der Waals surface area (Å²) in [5.41, 5.74) is 4.32. The Labute approximate surface area is 167 Å². The fourth-order valence-electron chi connectivity index (χ4n) is 2.69. The zero-order chi connectivity index (χ0) is 19.2. The average Bonchev–Trinajstić information content (AvgIpc) is 2.68. The van der Waals surface area contributed by atoms with Gasteiger partial charge >= 0.3 is 0 Å². The third-order valence-electron chi connectivity index (χ3n) is 4.33. The molecule has 3 aromatic rings. The van der Waals surface area contributed by atoms with Crippen molar-refractivity contribution in [3.05, 3.63) is 81.8 Å². The van der Waals surface area contributed by atoms with E-state index < -0.39 is 0 Å². The molecular formula is C22H22BrNO3. The van der Waals surface area contributed by atoms with E-state index in [2.05, 4.69) is 40.3 Å². The Bertz CT molecular complexity index is 910. The van der Waals surface area contributed by atoms with Crippen LogP contribution in [0.5, 0.6) is 17.2 Å². The molecule has 27 heavy (non-hydrogen) atoms. The minimum Gasteiger partial charge on any atom is -0.508 e. The molecule has 0 spiro atoms. The molecule has 0 aliphatic carbocycles. The summed E-state index contributed by atoms with van der Waals surface area (Å²) in [4.78, 5) is 0. The first-order valence-electron chi connectivity index (χ1n) is 8.63. The molecule has 0 saturated heterocycles. The van der Waals surface area contributed by atoms with Gasteiger partial charge in [-0.1, -0.05) is 40.2 Å². The summed E-state index contributed by atoms with van der Waals surface area (Å²) in [5, 5.41) is 12.7. The van der Waals surface area contributed by atoms with Crippen LogP contribution in [0, 0.1) is 6.92 Å². The maximum Gasteiger partial charge on any atom is 0.162 e. The number of aryl methyl sites for hydroxylation is 1. The number of aromatic hydroxyl groups is 1. The van der Waals surface area contributed by atoms with E-state index in [0.717, 1.165) is 21.3 Å². The molecule has 0 heterocycles. The van der Waals surface area contributed by atoms with Crippen molar-refractivity contribution in [3.63, 3.8) is 0 Å². The van der Waals surface area contributed by atoms with Crippen LogP contribution in [0.4, 0.5) is 5.69 Å². The summed E-state index contributed by atoms with van der Waals surface area (Å²) in [6.45, 7) is 3.17. The molecule has 2 N–H and O–H groups in total. The van der Waals surface area contributed by atoms with E-state index in [-0.39, 0.29) is 5.75 Å². The molecule has 0 saturated carbocycles. The monoisotopic (exact) mass is 427 g/mol. The van der Waals surface area contributed by atoms with Crippen LogP contribution >= 0.6 is 15.9 Å². The number of benzene rings is 3. The second-order valence-corrected chi connectivity index (χ2v) is 7.06. The number of hydrogen-bond acceptors (Lipinski definition) is 4. The second kappa shape index (κ2) is 8.82. The number of anilines is 1. The van der Waals surface area contributed by atoms with Crippen molar-refractivity contribution < 1.29 is 14.6 Å². The molecule has 5 heteroatoms. The number of methoxy groups -OCH3 is 1. The molecule has 140 valence electrons. The van der Waals surface area contributed by atoms with Crippen molar-refractivity contribution >= 4 is 21.6 Å². The summed E-state index contributed by atoms with van der Waals surface area (Å²) >= 11 is 3.62. The first-order chi connectivity index (χ1) is 13.1. The fourth-order valence-corrected chi connectivity index (χ4v) is 3.15. The highest BCUT2D eigenvalue weighted by Crippen LogP contribution is 2.34. The van der Waals surface area contributed by atoms with Gasteiger partial charge in [-0.25, -0.2) is 0 Å². The third-order valence-corrected chi connectivity index (χ3v) is 5.07. The van der Waals surface area contributed by atoms with Gasteiger partial charge in [-0.05, 0) is 60.0 Å². The lowest BCUT2D eigenvalue weighted by molar-refractivity contribution is 0.283. The molecule has 3 rings (SSSR count). The Morgan fingerprint density at radius 3 is 2.41 bits per heavy atom. The molecule has 0 aliphatic heterocycles. The van der Waals surface area contributed by atoms with Crippen LogP contribution in [0.15, 0.2) is 65.1 Å². The molecule has 0 atom stereocenters. The first-order valence-corrected chi connectivity index (χ1v) is 9.42. The number of phenols is 1. The van der Waals surface area contributed by atoms with Crippen LogP contribution in [0.25, 0.3) is 0 Å². The van der Waals surface area contributed by atoms with E-state index >= 15 is 0 Å². The van der Waals surface area contributed by atoms with Gasteiger partial charge in [0.2, 0.25) is 0 Å². The van der Waals surface area contributed by atoms with Crippen LogP contribution in [-0.2, 0) is 13.2 Å². The third kappa shape index (κ3) is 4.95. The minimum absolute atomic E-state index is 0.249. The first kappa shape index (κ1) is 19.1. The standard InChI is InChI=1S/C22H22BrNO3/c1-15-5-3-4-6-16(15)14-27-22-12-20(23)17(11-21(22)26-2)13-24-18-7-9-19(25)10-8-18/h3-12,24-25H,13-14H2,1-2H3. The second-order valence-electron chi connectivity index (χ2n) is 6.21. The smallest absolute Gasteiger partial charge is 0.162 e. The summed E-state index contributed by atoms with van der Waals surface area (Å²) in [6, 6.07) is 19.0. The van der Waals surface area contributed by atoms with E-state index in [1.165, 1.54) is 5.56 Å². The quantitative estimate of drug-likeness (QED) is 0.477. The summed E-state index contributed by atoms with van der Waals surface area (Å²) in [7, 11) is 1.64. The van der Waals surface area contributed by atoms with Gasteiger partial charge in [-0.3, -0.25) is 0 Å². The van der Waals surface area contributed by atoms with E-state index in [9.17, 15) is 5.11 Å². The fraction of sp³-hybridized carbons (Fsp3) is 0.182. The molecular weight excluding hydrogens is 406 g/mol. The van der Waals surface area contributed by atoms with Gasteiger partial charge in [0, 0.05) is 16.7 Å². The van der Waals surface area contributed by atoms with Gasteiger partial charge in [0.1, 0.15) is 12.4 Å². The zero-order valence-electron chi connectivity index (χ0n) is 15.3. The molecule has 0 bridgehead atoms. The van der Waals surface area contributed by atoms with Gasteiger partial charge in [0.05, 0.1) is 7.11 Å². The molecule has 3 aromatic carbocycles. The highest BCUT2D eigenvalue weighted by molar-refractivity contribution is 9.10. The summed E-state index contributed by atoms with van der Waals surface area (Å²) < 4.78 is 12.5. The van der Waals surface area contributed by atoms with Crippen LogP contribution in [0.2, 0.25) is 0 Å². The Morgan fingerprint density at radius 1 is 0.963 bits per heavy atom. The van der Waals surface area contributed by atoms with Crippen LogP contribution < -0.4 is 14.8 Å². The predicted molar refractivity (Wildman–Crippen MR) is 112 cm³/mol. The van der Waals surface area contributed by atoms with E-state index in [1.807, 2.05) is 36.4 Å². The number of ether oxygens (including phenoxy) is 2. The normalized spacial score (nSPS) is 10.5. The zero-order valence-corrected chi connectivity index (χ0v) is 16.9. The van der Waals surface area contributed by atoms with Crippen molar-refractivity contribution in [3.8, 4) is 17.2 Å². The summed E-state index contributed by atoms with van der Waals surface area (Å²) in [5.74, 6) is 1.63. The Morgan fingerprint density at radius 2 is 1.70 bits per heavy atom. The van der Waals surface area contributed by atoms with Crippen LogP contribution in [0.1, 0.15) is 16.7 Å². The lowest BCUT2D eigenvalue weighted by atomic mass is 10.1. The van der Waals surface area contributed by atoms with Crippen molar-refractivity contribution in [1.82, 2.24) is 0 Å². The average molecular weight is 428 g/mol. The van der Waals surface area contributed by atoms with Crippen molar-refractivity contribution in [2.75, 3.05) is 12.4 Å². The van der Waals surface area contributed by atoms with E-state index in [0.29, 0.717) is 24.7 Å². The van der Waals surface area contributed by atoms with Crippen LogP contribution in [-0.4, -0.2) is 12.2 Å². The van der Waals surface area contributed by atoms with Crippen molar-refractivity contribution in [1.29, 1.82) is 0 Å². The summed E-state index contributed by atoms with van der Waals surface area (Å²) in [6.07, 6.45) is 0. The van der Waals surface area contributed by atoms with Crippen molar-refractivity contribution in [2.24, 2.45) is 0 Å². The van der Waals surface area contributed by atoms with Gasteiger partial charge in [-0.15, -0.1) is 0 Å². The molecule has 0 fully saturated rings. The maximum atomic E-state index is 9.37. The van der Waals surface area contributed by atoms with Crippen molar-refractivity contribution in [2.45, 2.75) is 20.1 Å². The highest BCUT2D eigenvalue weighted by atomic mass is 79.9. The molecule has 0 radical (unpaired) electrons. The highest BCUT2D eigenvalue weighted by Gasteiger charge is 2.11. The lowest BCUT2D eigenvalue weighted by Crippen LogP contribution is -2.03. The van der Waals surface area contributed by atoms with Gasteiger partial charge in [0.15, 0.2) is 11.5 Å². The lowest BCUT2D eigenvalue weighted by Gasteiger charge is -2.15. The largest absolute Gasteiger partial charge is 0.508 e. The molecule has 0 amide bonds. The van der Waals surface area contributed by atoms with E-state index in [1.54, 1.807) is 19.2 Å². The van der Waals surface area contributed by atoms with Gasteiger partial charge in [-0.2, -0.15) is 0 Å². The molecule has 4 nitrogen and oxygen atoms in total. The Balaban J connectivity index is 1.72. The number of hydrogen-bond donors (Lipinski definition) is 2. The number of phenolic OH excluding ortho intramolecular Hbond substituents is 1. The predicted octanol–water partition coefficient (Wildman–Crippen LogP) is 5.66. The number of halogens is 1. The van der Waals surface area contributed by atoms with Gasteiger partial charge < -0.3 is 19.9 Å². The maximum absolute atomic E-state index is 9.37. The topological polar surface area (TPSA) is 50.7 Å². The minimum atomic E-state index is 0.249. The number of nitrogens with one attached hydrogen (secondary N) is 1.